The van der Waals surface area contributed by atoms with Gasteiger partial charge in [0, 0.05) is 5.54 Å². The van der Waals surface area contributed by atoms with E-state index in [4.69, 9.17) is 22.0 Å². The Hall–Kier alpha value is -1.80. The SMILES string of the molecule is CC(C)(C)N(C(=O)O)c1cc(F)c(C#N)c(Cl)c1. The standard InChI is InChI=1S/C12H12ClFN2O2/c1-12(2,3)16(11(17)18)7-4-9(13)8(6-15)10(14)5-7/h4-5H,1-3H3,(H,17,18). The van der Waals surface area contributed by atoms with Gasteiger partial charge >= 0.3 is 6.09 Å². The number of carboxylic acid groups (broad SMARTS) is 1. The molecule has 0 radical (unpaired) electrons. The van der Waals surface area contributed by atoms with E-state index in [1.165, 1.54) is 6.07 Å². The molecule has 0 aliphatic rings. The second kappa shape index (κ2) is 4.83. The minimum atomic E-state index is -1.22. The van der Waals surface area contributed by atoms with Crippen molar-refractivity contribution in [3.8, 4) is 6.07 Å². The fourth-order valence-corrected chi connectivity index (χ4v) is 1.82. The molecule has 0 bridgehead atoms. The Bertz CT molecular complexity index is 509. The molecule has 1 N–H and O–H groups in total. The first-order chi connectivity index (χ1) is 8.18. The van der Waals surface area contributed by atoms with Crippen molar-refractivity contribution < 1.29 is 14.3 Å². The lowest BCUT2D eigenvalue weighted by Crippen LogP contribution is -2.45. The van der Waals surface area contributed by atoms with Crippen LogP contribution in [0.4, 0.5) is 14.9 Å². The van der Waals surface area contributed by atoms with Gasteiger partial charge in [0.25, 0.3) is 0 Å². The summed E-state index contributed by atoms with van der Waals surface area (Å²) in [6.07, 6.45) is -1.22. The van der Waals surface area contributed by atoms with Crippen LogP contribution >= 0.6 is 11.6 Å². The number of nitrogens with zero attached hydrogens (tertiary/aromatic N) is 2. The van der Waals surface area contributed by atoms with E-state index in [1.807, 2.05) is 0 Å². The summed E-state index contributed by atoms with van der Waals surface area (Å²) < 4.78 is 13.6. The topological polar surface area (TPSA) is 64.3 Å². The van der Waals surface area contributed by atoms with Crippen molar-refractivity contribution in [1.29, 1.82) is 5.26 Å². The molecule has 0 saturated carbocycles. The lowest BCUT2D eigenvalue weighted by molar-refractivity contribution is 0.195. The highest BCUT2D eigenvalue weighted by molar-refractivity contribution is 6.32. The van der Waals surface area contributed by atoms with Crippen LogP contribution < -0.4 is 4.90 Å². The van der Waals surface area contributed by atoms with Gasteiger partial charge in [-0.15, -0.1) is 0 Å². The first kappa shape index (κ1) is 14.3. The van der Waals surface area contributed by atoms with Gasteiger partial charge in [-0.05, 0) is 32.9 Å². The van der Waals surface area contributed by atoms with Crippen LogP contribution in [0.25, 0.3) is 0 Å². The maximum absolute atomic E-state index is 13.6. The van der Waals surface area contributed by atoms with E-state index < -0.39 is 17.4 Å². The summed E-state index contributed by atoms with van der Waals surface area (Å²) in [6.45, 7) is 5.02. The summed E-state index contributed by atoms with van der Waals surface area (Å²) in [4.78, 5) is 12.2. The first-order valence-corrected chi connectivity index (χ1v) is 5.48. The highest BCUT2D eigenvalue weighted by atomic mass is 35.5. The molecule has 0 heterocycles. The van der Waals surface area contributed by atoms with Gasteiger partial charge in [0.15, 0.2) is 0 Å². The van der Waals surface area contributed by atoms with Crippen LogP contribution in [-0.2, 0) is 0 Å². The van der Waals surface area contributed by atoms with Crippen molar-refractivity contribution in [2.45, 2.75) is 26.3 Å². The van der Waals surface area contributed by atoms with Crippen molar-refractivity contribution >= 4 is 23.4 Å². The lowest BCUT2D eigenvalue weighted by atomic mass is 10.0. The summed E-state index contributed by atoms with van der Waals surface area (Å²) in [6, 6.07) is 3.88. The normalized spacial score (nSPS) is 10.9. The fraction of sp³-hybridized carbons (Fsp3) is 0.333. The van der Waals surface area contributed by atoms with Crippen molar-refractivity contribution in [2.24, 2.45) is 0 Å². The molecular formula is C12H12ClFN2O2. The highest BCUT2D eigenvalue weighted by Crippen LogP contribution is 2.30. The van der Waals surface area contributed by atoms with E-state index in [0.717, 1.165) is 11.0 Å². The summed E-state index contributed by atoms with van der Waals surface area (Å²) in [5, 5.41) is 17.8. The van der Waals surface area contributed by atoms with Gasteiger partial charge in [-0.1, -0.05) is 11.6 Å². The maximum Gasteiger partial charge on any atom is 0.412 e. The van der Waals surface area contributed by atoms with Crippen molar-refractivity contribution in [2.75, 3.05) is 4.90 Å². The van der Waals surface area contributed by atoms with E-state index in [2.05, 4.69) is 0 Å². The van der Waals surface area contributed by atoms with Gasteiger partial charge in [-0.3, -0.25) is 4.90 Å². The quantitative estimate of drug-likeness (QED) is 0.847. The lowest BCUT2D eigenvalue weighted by Gasteiger charge is -2.33. The molecule has 0 fully saturated rings. The Morgan fingerprint density at radius 2 is 2.06 bits per heavy atom. The molecule has 1 aromatic carbocycles. The Kier molecular flexibility index (Phi) is 3.82. The summed E-state index contributed by atoms with van der Waals surface area (Å²) in [5.74, 6) is -0.838. The van der Waals surface area contributed by atoms with Crippen molar-refractivity contribution in [3.05, 3.63) is 28.5 Å². The van der Waals surface area contributed by atoms with E-state index >= 15 is 0 Å². The summed E-state index contributed by atoms with van der Waals surface area (Å²) in [5.41, 5.74) is -0.952. The third kappa shape index (κ3) is 2.71. The number of amides is 1. The van der Waals surface area contributed by atoms with Gasteiger partial charge in [-0.2, -0.15) is 5.26 Å². The summed E-state index contributed by atoms with van der Waals surface area (Å²) >= 11 is 5.75. The number of rotatable bonds is 1. The molecule has 6 heteroatoms. The van der Waals surface area contributed by atoms with Crippen LogP contribution in [0.3, 0.4) is 0 Å². The zero-order chi connectivity index (χ0) is 14.1. The molecule has 0 saturated heterocycles. The number of halogens is 2. The predicted molar refractivity (Wildman–Crippen MR) is 66.4 cm³/mol. The minimum absolute atomic E-state index is 0.0940. The largest absolute Gasteiger partial charge is 0.465 e. The second-order valence-electron chi connectivity index (χ2n) is 4.69. The minimum Gasteiger partial charge on any atom is -0.465 e. The Morgan fingerprint density at radius 1 is 1.50 bits per heavy atom. The number of benzene rings is 1. The van der Waals surface area contributed by atoms with Gasteiger partial charge in [0.1, 0.15) is 17.4 Å². The van der Waals surface area contributed by atoms with E-state index in [-0.39, 0.29) is 16.3 Å². The third-order valence-corrected chi connectivity index (χ3v) is 2.56. The first-order valence-electron chi connectivity index (χ1n) is 5.10. The average molecular weight is 271 g/mol. The zero-order valence-corrected chi connectivity index (χ0v) is 10.9. The highest BCUT2D eigenvalue weighted by Gasteiger charge is 2.29. The van der Waals surface area contributed by atoms with Crippen LogP contribution in [0.1, 0.15) is 26.3 Å². The molecule has 18 heavy (non-hydrogen) atoms. The van der Waals surface area contributed by atoms with Gasteiger partial charge < -0.3 is 5.11 Å². The van der Waals surface area contributed by atoms with Crippen LogP contribution in [-0.4, -0.2) is 16.7 Å². The van der Waals surface area contributed by atoms with E-state index in [0.29, 0.717) is 0 Å². The molecule has 1 amide bonds. The van der Waals surface area contributed by atoms with Crippen molar-refractivity contribution in [1.82, 2.24) is 0 Å². The maximum atomic E-state index is 13.6. The average Bonchev–Trinajstić information content (AvgIpc) is 2.13. The second-order valence-corrected chi connectivity index (χ2v) is 5.09. The molecule has 1 rings (SSSR count). The number of nitriles is 1. The fourth-order valence-electron chi connectivity index (χ4n) is 1.58. The molecule has 0 spiro atoms. The predicted octanol–water partition coefficient (Wildman–Crippen LogP) is 3.63. The molecule has 1 aromatic rings. The monoisotopic (exact) mass is 270 g/mol. The Morgan fingerprint density at radius 3 is 2.39 bits per heavy atom. The number of hydrogen-bond acceptors (Lipinski definition) is 2. The van der Waals surface area contributed by atoms with Gasteiger partial charge in [0.05, 0.1) is 10.7 Å². The van der Waals surface area contributed by atoms with Gasteiger partial charge in [-0.25, -0.2) is 9.18 Å². The van der Waals surface area contributed by atoms with Crippen LogP contribution in [0, 0.1) is 17.1 Å². The zero-order valence-electron chi connectivity index (χ0n) is 10.2. The summed E-state index contributed by atoms with van der Waals surface area (Å²) in [7, 11) is 0. The molecule has 0 atom stereocenters. The van der Waals surface area contributed by atoms with E-state index in [1.54, 1.807) is 26.8 Å². The molecule has 96 valence electrons. The van der Waals surface area contributed by atoms with Crippen molar-refractivity contribution in [3.63, 3.8) is 0 Å². The van der Waals surface area contributed by atoms with Gasteiger partial charge in [0.2, 0.25) is 0 Å². The Balaban J connectivity index is 3.42. The molecule has 0 unspecified atom stereocenters. The van der Waals surface area contributed by atoms with Crippen LogP contribution in [0.5, 0.6) is 0 Å². The smallest absolute Gasteiger partial charge is 0.412 e. The molecule has 0 aliphatic heterocycles. The number of carbonyl (C=O) groups is 1. The molecule has 0 aromatic heterocycles. The third-order valence-electron chi connectivity index (χ3n) is 2.26. The van der Waals surface area contributed by atoms with E-state index in [9.17, 15) is 9.18 Å². The molecular weight excluding hydrogens is 259 g/mol. The molecule has 0 aliphatic carbocycles. The van der Waals surface area contributed by atoms with Crippen LogP contribution in [0.15, 0.2) is 12.1 Å². The Labute approximate surface area is 109 Å². The number of anilines is 1. The number of hydrogen-bond donors (Lipinski definition) is 1. The molecule has 4 nitrogen and oxygen atoms in total. The van der Waals surface area contributed by atoms with Crippen LogP contribution in [0.2, 0.25) is 5.02 Å².